The van der Waals surface area contributed by atoms with Crippen molar-refractivity contribution in [1.82, 2.24) is 4.90 Å². The van der Waals surface area contributed by atoms with Crippen LogP contribution in [0.25, 0.3) is 0 Å². The van der Waals surface area contributed by atoms with E-state index in [-0.39, 0.29) is 17.7 Å². The maximum atomic E-state index is 12.0. The minimum atomic E-state index is -0.421. The van der Waals surface area contributed by atoms with Crippen LogP contribution in [0.3, 0.4) is 0 Å². The first-order chi connectivity index (χ1) is 7.32. The number of hydrogen-bond acceptors (Lipinski definition) is 3. The van der Waals surface area contributed by atoms with Crippen molar-refractivity contribution in [1.29, 1.82) is 0 Å². The molecule has 1 heterocycles. The quantitative estimate of drug-likeness (QED) is 0.686. The molecule has 4 nitrogen and oxygen atoms in total. The van der Waals surface area contributed by atoms with Crippen molar-refractivity contribution < 1.29 is 9.53 Å². The second-order valence-corrected chi connectivity index (χ2v) is 6.06. The van der Waals surface area contributed by atoms with Crippen molar-refractivity contribution in [3.05, 3.63) is 0 Å². The summed E-state index contributed by atoms with van der Waals surface area (Å²) in [7, 11) is 0. The van der Waals surface area contributed by atoms with Crippen LogP contribution in [0.1, 0.15) is 46.5 Å². The van der Waals surface area contributed by atoms with Crippen LogP contribution in [0.15, 0.2) is 0 Å². The fourth-order valence-corrected chi connectivity index (χ4v) is 2.86. The summed E-state index contributed by atoms with van der Waals surface area (Å²) in [4.78, 5) is 13.8. The number of rotatable bonds is 0. The second kappa shape index (κ2) is 3.62. The Morgan fingerprint density at radius 3 is 2.75 bits per heavy atom. The standard InChI is InChI=1S/C12H22N2O2/c1-11(2,3)16-10(15)14-8-7-12(13)6-4-5-9(12)14/h9H,4-8,13H2,1-3H3. The largest absolute Gasteiger partial charge is 0.444 e. The smallest absolute Gasteiger partial charge is 0.410 e. The Kier molecular flexibility index (Phi) is 2.65. The Labute approximate surface area is 97.1 Å². The zero-order valence-electron chi connectivity index (χ0n) is 10.5. The third-order valence-corrected chi connectivity index (χ3v) is 3.61. The molecule has 1 aliphatic heterocycles. The highest BCUT2D eigenvalue weighted by molar-refractivity contribution is 5.69. The van der Waals surface area contributed by atoms with E-state index in [9.17, 15) is 4.79 Å². The molecule has 0 aromatic carbocycles. The number of carbonyl (C=O) groups is 1. The Bertz CT molecular complexity index is 298. The normalized spacial score (nSPS) is 34.0. The molecular weight excluding hydrogens is 204 g/mol. The van der Waals surface area contributed by atoms with E-state index >= 15 is 0 Å². The molecular formula is C12H22N2O2. The summed E-state index contributed by atoms with van der Waals surface area (Å²) in [6.07, 6.45) is 3.90. The van der Waals surface area contributed by atoms with E-state index in [1.807, 2.05) is 25.7 Å². The Balaban J connectivity index is 2.04. The molecule has 16 heavy (non-hydrogen) atoms. The predicted molar refractivity (Wildman–Crippen MR) is 62.1 cm³/mol. The number of carbonyl (C=O) groups excluding carboxylic acids is 1. The lowest BCUT2D eigenvalue weighted by Gasteiger charge is -2.30. The number of amides is 1. The molecule has 2 fully saturated rings. The van der Waals surface area contributed by atoms with Gasteiger partial charge in [-0.1, -0.05) is 0 Å². The molecule has 4 heteroatoms. The molecule has 1 saturated carbocycles. The number of nitrogens with two attached hydrogens (primary N) is 1. The second-order valence-electron chi connectivity index (χ2n) is 6.06. The van der Waals surface area contributed by atoms with Gasteiger partial charge in [-0.3, -0.25) is 0 Å². The van der Waals surface area contributed by atoms with E-state index in [1.165, 1.54) is 0 Å². The molecule has 2 unspecified atom stereocenters. The molecule has 2 atom stereocenters. The summed E-state index contributed by atoms with van der Waals surface area (Å²) in [6.45, 7) is 6.43. The van der Waals surface area contributed by atoms with Gasteiger partial charge in [-0.05, 0) is 46.5 Å². The summed E-state index contributed by atoms with van der Waals surface area (Å²) in [6, 6.07) is 0.197. The molecule has 1 aliphatic carbocycles. The summed E-state index contributed by atoms with van der Waals surface area (Å²) in [5.74, 6) is 0. The molecule has 2 rings (SSSR count). The van der Waals surface area contributed by atoms with Gasteiger partial charge in [0.1, 0.15) is 5.60 Å². The lowest BCUT2D eigenvalue weighted by molar-refractivity contribution is 0.0211. The number of hydrogen-bond donors (Lipinski definition) is 1. The van der Waals surface area contributed by atoms with Crippen LogP contribution in [0.4, 0.5) is 4.79 Å². The van der Waals surface area contributed by atoms with Gasteiger partial charge < -0.3 is 15.4 Å². The Morgan fingerprint density at radius 2 is 2.12 bits per heavy atom. The highest BCUT2D eigenvalue weighted by Gasteiger charge is 2.50. The maximum absolute atomic E-state index is 12.0. The van der Waals surface area contributed by atoms with E-state index < -0.39 is 5.60 Å². The van der Waals surface area contributed by atoms with Gasteiger partial charge in [-0.25, -0.2) is 4.79 Å². The van der Waals surface area contributed by atoms with Gasteiger partial charge in [0.15, 0.2) is 0 Å². The topological polar surface area (TPSA) is 55.6 Å². The third-order valence-electron chi connectivity index (χ3n) is 3.61. The van der Waals surface area contributed by atoms with Crippen LogP contribution in [0.5, 0.6) is 0 Å². The molecule has 0 aromatic rings. The highest BCUT2D eigenvalue weighted by Crippen LogP contribution is 2.40. The van der Waals surface area contributed by atoms with Crippen molar-refractivity contribution in [3.8, 4) is 0 Å². The number of fused-ring (bicyclic) bond motifs is 1. The van der Waals surface area contributed by atoms with E-state index in [0.717, 1.165) is 32.2 Å². The van der Waals surface area contributed by atoms with Crippen LogP contribution in [-0.2, 0) is 4.74 Å². The van der Waals surface area contributed by atoms with Crippen molar-refractivity contribution in [2.24, 2.45) is 5.73 Å². The molecule has 2 aliphatic rings. The van der Waals surface area contributed by atoms with Gasteiger partial charge in [0.2, 0.25) is 0 Å². The molecule has 2 N–H and O–H groups in total. The average molecular weight is 226 g/mol. The fraction of sp³-hybridized carbons (Fsp3) is 0.917. The molecule has 0 bridgehead atoms. The van der Waals surface area contributed by atoms with Gasteiger partial charge in [-0.15, -0.1) is 0 Å². The molecule has 0 aromatic heterocycles. The van der Waals surface area contributed by atoms with E-state index in [2.05, 4.69) is 0 Å². The molecule has 0 radical (unpaired) electrons. The van der Waals surface area contributed by atoms with Crippen LogP contribution in [0, 0.1) is 0 Å². The average Bonchev–Trinajstić information content (AvgIpc) is 2.56. The molecule has 92 valence electrons. The zero-order chi connectivity index (χ0) is 12.0. The number of nitrogens with zero attached hydrogens (tertiary/aromatic N) is 1. The van der Waals surface area contributed by atoms with Crippen LogP contribution >= 0.6 is 0 Å². The van der Waals surface area contributed by atoms with Crippen LogP contribution < -0.4 is 5.73 Å². The number of likely N-dealkylation sites (tertiary alicyclic amines) is 1. The van der Waals surface area contributed by atoms with Gasteiger partial charge in [0.05, 0.1) is 6.04 Å². The third kappa shape index (κ3) is 2.03. The first-order valence-corrected chi connectivity index (χ1v) is 6.10. The van der Waals surface area contributed by atoms with Crippen molar-refractivity contribution in [3.63, 3.8) is 0 Å². The summed E-state index contributed by atoms with van der Waals surface area (Å²) < 4.78 is 5.41. The summed E-state index contributed by atoms with van der Waals surface area (Å²) in [5.41, 5.74) is 5.74. The van der Waals surface area contributed by atoms with Gasteiger partial charge in [0.25, 0.3) is 0 Å². The molecule has 1 saturated heterocycles. The van der Waals surface area contributed by atoms with Crippen molar-refractivity contribution in [2.45, 2.75) is 63.6 Å². The van der Waals surface area contributed by atoms with Gasteiger partial charge in [0, 0.05) is 12.1 Å². The summed E-state index contributed by atoms with van der Waals surface area (Å²) >= 11 is 0. The Morgan fingerprint density at radius 1 is 1.44 bits per heavy atom. The minimum absolute atomic E-state index is 0.142. The van der Waals surface area contributed by atoms with Crippen molar-refractivity contribution in [2.75, 3.05) is 6.54 Å². The lowest BCUT2D eigenvalue weighted by atomic mass is 9.95. The van der Waals surface area contributed by atoms with Crippen LogP contribution in [-0.4, -0.2) is 34.7 Å². The molecule has 1 amide bonds. The monoisotopic (exact) mass is 226 g/mol. The first-order valence-electron chi connectivity index (χ1n) is 6.10. The zero-order valence-corrected chi connectivity index (χ0v) is 10.5. The Hall–Kier alpha value is -0.770. The van der Waals surface area contributed by atoms with Crippen LogP contribution in [0.2, 0.25) is 0 Å². The summed E-state index contributed by atoms with van der Waals surface area (Å²) in [5, 5.41) is 0. The minimum Gasteiger partial charge on any atom is -0.444 e. The van der Waals surface area contributed by atoms with Gasteiger partial charge >= 0.3 is 6.09 Å². The SMILES string of the molecule is CC(C)(C)OC(=O)N1CCC2(N)CCCC12. The predicted octanol–water partition coefficient (Wildman–Crippen LogP) is 1.88. The molecule has 0 spiro atoms. The van der Waals surface area contributed by atoms with Gasteiger partial charge in [-0.2, -0.15) is 0 Å². The van der Waals surface area contributed by atoms with Crippen molar-refractivity contribution >= 4 is 6.09 Å². The maximum Gasteiger partial charge on any atom is 0.410 e. The lowest BCUT2D eigenvalue weighted by Crippen LogP contribution is -2.49. The van der Waals surface area contributed by atoms with E-state index in [4.69, 9.17) is 10.5 Å². The first kappa shape index (κ1) is 11.7. The van der Waals surface area contributed by atoms with E-state index in [0.29, 0.717) is 0 Å². The highest BCUT2D eigenvalue weighted by atomic mass is 16.6. The van der Waals surface area contributed by atoms with E-state index in [1.54, 1.807) is 0 Å². The number of ether oxygens (including phenoxy) is 1. The fourth-order valence-electron chi connectivity index (χ4n) is 2.86.